The molecule has 4 heterocycles. The van der Waals surface area contributed by atoms with Crippen molar-refractivity contribution < 1.29 is 37.8 Å². The molecule has 2 aromatic heterocycles. The lowest BCUT2D eigenvalue weighted by molar-refractivity contribution is -0.123. The van der Waals surface area contributed by atoms with E-state index in [0.29, 0.717) is 23.4 Å². The van der Waals surface area contributed by atoms with Crippen LogP contribution in [0.4, 0.5) is 4.39 Å². The Morgan fingerprint density at radius 2 is 1.88 bits per heavy atom. The smallest absolute Gasteiger partial charge is 0.255 e. The molecular weight excluding hydrogens is 661 g/mol. The molecule has 4 amide bonds. The van der Waals surface area contributed by atoms with Gasteiger partial charge in [0.15, 0.2) is 0 Å². The van der Waals surface area contributed by atoms with E-state index in [-0.39, 0.29) is 67.9 Å². The lowest BCUT2D eigenvalue weighted by Crippen LogP contribution is -2.49. The highest BCUT2D eigenvalue weighted by molar-refractivity contribution is 6.01. The van der Waals surface area contributed by atoms with E-state index in [0.717, 1.165) is 5.56 Å². The van der Waals surface area contributed by atoms with E-state index < -0.39 is 35.7 Å². The van der Waals surface area contributed by atoms with Gasteiger partial charge in [-0.15, -0.1) is 0 Å². The fraction of sp³-hybridized carbons (Fsp3) is 0.333. The van der Waals surface area contributed by atoms with Gasteiger partial charge in [0.05, 0.1) is 44.2 Å². The lowest BCUT2D eigenvalue weighted by atomic mass is 10.1. The van der Waals surface area contributed by atoms with Crippen molar-refractivity contribution in [1.82, 2.24) is 35.2 Å². The summed E-state index contributed by atoms with van der Waals surface area (Å²) in [7, 11) is 3.24. The number of carbonyl (C=O) groups excluding carboxylic acids is 4. The number of aromatic nitrogens is 3. The molecule has 4 bridgehead atoms. The van der Waals surface area contributed by atoms with Crippen molar-refractivity contribution in [3.63, 3.8) is 0 Å². The summed E-state index contributed by atoms with van der Waals surface area (Å²) in [4.78, 5) is 61.3. The third kappa shape index (κ3) is 8.49. The Morgan fingerprint density at radius 3 is 2.61 bits per heavy atom. The molecule has 0 aliphatic carbocycles. The monoisotopic (exact) mass is 699 g/mol. The van der Waals surface area contributed by atoms with E-state index in [2.05, 4.69) is 20.7 Å². The fourth-order valence-corrected chi connectivity index (χ4v) is 6.05. The molecule has 6 rings (SSSR count). The van der Waals surface area contributed by atoms with Crippen molar-refractivity contribution in [1.29, 1.82) is 0 Å². The number of hydrogen-bond donors (Lipinski definition) is 2. The van der Waals surface area contributed by atoms with Crippen LogP contribution in [0.3, 0.4) is 0 Å². The molecule has 51 heavy (non-hydrogen) atoms. The largest absolute Gasteiger partial charge is 0.481 e. The molecule has 1 saturated heterocycles. The first-order valence-electron chi connectivity index (χ1n) is 16.5. The Morgan fingerprint density at radius 1 is 1.06 bits per heavy atom. The van der Waals surface area contributed by atoms with Crippen molar-refractivity contribution in [2.75, 3.05) is 33.3 Å². The van der Waals surface area contributed by atoms with Gasteiger partial charge in [-0.05, 0) is 48.4 Å². The van der Waals surface area contributed by atoms with E-state index in [4.69, 9.17) is 14.2 Å². The van der Waals surface area contributed by atoms with Crippen LogP contribution in [0.1, 0.15) is 55.5 Å². The van der Waals surface area contributed by atoms with Gasteiger partial charge in [-0.25, -0.2) is 9.37 Å². The van der Waals surface area contributed by atoms with Crippen molar-refractivity contribution in [2.45, 2.75) is 38.6 Å². The van der Waals surface area contributed by atoms with Gasteiger partial charge >= 0.3 is 0 Å². The number of methoxy groups -OCH3 is 1. The van der Waals surface area contributed by atoms with Crippen LogP contribution in [0.5, 0.6) is 17.4 Å². The molecule has 2 aliphatic rings. The van der Waals surface area contributed by atoms with Crippen molar-refractivity contribution in [3.8, 4) is 17.4 Å². The molecular formula is C36H38FN7O7. The number of rotatable bonds is 7. The van der Waals surface area contributed by atoms with Crippen LogP contribution in [-0.4, -0.2) is 93.6 Å². The summed E-state index contributed by atoms with van der Waals surface area (Å²) in [5.41, 5.74) is 1.78. The number of likely N-dealkylation sites (tertiary alicyclic amines) is 1. The number of ether oxygens (including phenoxy) is 3. The maximum absolute atomic E-state index is 14.9. The number of nitrogens with zero attached hydrogens (tertiary/aromatic N) is 5. The quantitative estimate of drug-likeness (QED) is 0.296. The van der Waals surface area contributed by atoms with Gasteiger partial charge in [0.25, 0.3) is 17.7 Å². The summed E-state index contributed by atoms with van der Waals surface area (Å²) in [6, 6.07) is 11.0. The number of benzene rings is 2. The predicted octanol–water partition coefficient (Wildman–Crippen LogP) is 3.08. The summed E-state index contributed by atoms with van der Waals surface area (Å²) in [5, 5.41) is 9.89. The first-order chi connectivity index (χ1) is 24.6. The van der Waals surface area contributed by atoms with Gasteiger partial charge in [-0.3, -0.25) is 23.9 Å². The van der Waals surface area contributed by atoms with E-state index in [1.165, 1.54) is 48.5 Å². The third-order valence-corrected chi connectivity index (χ3v) is 8.47. The molecule has 2 N–H and O–H groups in total. The van der Waals surface area contributed by atoms with Gasteiger partial charge in [-0.2, -0.15) is 5.10 Å². The molecule has 0 saturated carbocycles. The molecule has 1 fully saturated rings. The number of aryl methyl sites for hydroxylation is 1. The summed E-state index contributed by atoms with van der Waals surface area (Å²) in [5.74, 6) is -1.74. The van der Waals surface area contributed by atoms with Crippen LogP contribution in [0.2, 0.25) is 0 Å². The second-order valence-corrected chi connectivity index (χ2v) is 12.4. The molecule has 0 radical (unpaired) electrons. The summed E-state index contributed by atoms with van der Waals surface area (Å²) in [6.07, 6.45) is 4.71. The molecule has 0 unspecified atom stereocenters. The first kappa shape index (κ1) is 35.0. The number of fused-ring (bicyclic) bond motifs is 5. The zero-order valence-electron chi connectivity index (χ0n) is 28.4. The number of nitrogens with one attached hydrogen (secondary N) is 2. The Kier molecular flexibility index (Phi) is 10.6. The zero-order valence-corrected chi connectivity index (χ0v) is 28.4. The maximum Gasteiger partial charge on any atom is 0.255 e. The third-order valence-electron chi connectivity index (χ3n) is 8.47. The molecule has 0 spiro atoms. The predicted molar refractivity (Wildman–Crippen MR) is 181 cm³/mol. The SMILES string of the molecule is CCCN1CC(=O)N[C@@H]2CN(C(=O)c3ccc(OC)nc3)C[C@H]2OCc2cc(F)cc(c2)Oc2cc(C(=O)NCc3cnn(C)c3)cc(c2)C1=O. The van der Waals surface area contributed by atoms with Crippen LogP contribution in [0.25, 0.3) is 0 Å². The lowest BCUT2D eigenvalue weighted by Gasteiger charge is -2.25. The summed E-state index contributed by atoms with van der Waals surface area (Å²) in [6.45, 7) is 2.23. The summed E-state index contributed by atoms with van der Waals surface area (Å²) < 4.78 is 33.9. The van der Waals surface area contributed by atoms with Gasteiger partial charge in [0, 0.05) is 74.4 Å². The summed E-state index contributed by atoms with van der Waals surface area (Å²) >= 11 is 0. The second-order valence-electron chi connectivity index (χ2n) is 12.4. The van der Waals surface area contributed by atoms with Crippen LogP contribution in [0, 0.1) is 5.82 Å². The highest BCUT2D eigenvalue weighted by Crippen LogP contribution is 2.28. The highest BCUT2D eigenvalue weighted by atomic mass is 19.1. The van der Waals surface area contributed by atoms with Crippen molar-refractivity contribution >= 4 is 23.6 Å². The van der Waals surface area contributed by atoms with E-state index in [1.807, 2.05) is 6.92 Å². The van der Waals surface area contributed by atoms with Crippen molar-refractivity contribution in [2.24, 2.45) is 7.05 Å². The molecule has 266 valence electrons. The van der Waals surface area contributed by atoms with Gasteiger partial charge in [0.2, 0.25) is 11.8 Å². The van der Waals surface area contributed by atoms with Crippen molar-refractivity contribution in [3.05, 3.63) is 101 Å². The molecule has 4 aromatic rings. The van der Waals surface area contributed by atoms with Crippen LogP contribution in [0.15, 0.2) is 67.1 Å². The standard InChI is InChI=1S/C36H38FN7O7/c1-4-7-43-20-32(45)41-30-18-44(35(47)24-5-6-33(49-3)38-16-24)19-31(30)50-21-22-8-27(37)13-28(9-22)51-29-11-25(10-26(12-29)36(43)48)34(46)39-14-23-15-40-42(2)17-23/h5-6,8-13,15-17,30-31H,4,7,14,18-21H2,1-3H3,(H,39,46)(H,41,45)/t30-,31-/m1/s1. The number of halogens is 1. The van der Waals surface area contributed by atoms with Crippen LogP contribution < -0.4 is 20.1 Å². The Bertz CT molecular complexity index is 1930. The molecule has 2 aromatic carbocycles. The fourth-order valence-electron chi connectivity index (χ4n) is 6.05. The Labute approximate surface area is 293 Å². The number of hydrogen-bond acceptors (Lipinski definition) is 9. The zero-order chi connectivity index (χ0) is 36.1. The molecule has 2 atom stereocenters. The topological polar surface area (TPSA) is 157 Å². The maximum atomic E-state index is 14.9. The molecule has 2 aliphatic heterocycles. The van der Waals surface area contributed by atoms with Crippen LogP contribution in [-0.2, 0) is 29.7 Å². The number of pyridine rings is 1. The molecule has 15 heteroatoms. The van der Waals surface area contributed by atoms with Gasteiger partial charge < -0.3 is 34.6 Å². The minimum absolute atomic E-state index is 0.0558. The van der Waals surface area contributed by atoms with Gasteiger partial charge in [0.1, 0.15) is 17.3 Å². The minimum Gasteiger partial charge on any atom is -0.481 e. The molecule has 14 nitrogen and oxygen atoms in total. The Balaban J connectivity index is 1.30. The average Bonchev–Trinajstić information content (AvgIpc) is 3.73. The second kappa shape index (κ2) is 15.4. The van der Waals surface area contributed by atoms with Gasteiger partial charge in [-0.1, -0.05) is 6.92 Å². The van der Waals surface area contributed by atoms with E-state index in [9.17, 15) is 23.6 Å². The normalized spacial score (nSPS) is 17.7. The first-order valence-corrected chi connectivity index (χ1v) is 16.5. The highest BCUT2D eigenvalue weighted by Gasteiger charge is 2.38. The number of amides is 4. The van der Waals surface area contributed by atoms with E-state index in [1.54, 1.807) is 47.2 Å². The number of carbonyl (C=O) groups is 4. The average molecular weight is 700 g/mol. The minimum atomic E-state index is -0.652. The van der Waals surface area contributed by atoms with E-state index >= 15 is 0 Å². The Hall–Kier alpha value is -5.83. The van der Waals surface area contributed by atoms with Crippen LogP contribution >= 0.6 is 0 Å².